The van der Waals surface area contributed by atoms with Gasteiger partial charge in [0.25, 0.3) is 0 Å². The molecule has 0 bridgehead atoms. The van der Waals surface area contributed by atoms with Crippen molar-refractivity contribution in [2.75, 3.05) is 26.2 Å². The summed E-state index contributed by atoms with van der Waals surface area (Å²) in [6.45, 7) is 8.89. The second-order valence-corrected chi connectivity index (χ2v) is 5.13. The maximum Gasteiger partial charge on any atom is 0.106 e. The van der Waals surface area contributed by atoms with E-state index < -0.39 is 0 Å². The van der Waals surface area contributed by atoms with E-state index in [1.165, 1.54) is 25.9 Å². The SMILES string of the molecule is CCCNC(C#N)(CC)CCCN1CCCC1. The smallest absolute Gasteiger partial charge is 0.106 e. The van der Waals surface area contributed by atoms with Crippen LogP contribution in [0.1, 0.15) is 52.4 Å². The summed E-state index contributed by atoms with van der Waals surface area (Å²) in [4.78, 5) is 2.53. The Balaban J connectivity index is 2.30. The zero-order valence-electron chi connectivity index (χ0n) is 11.5. The summed E-state index contributed by atoms with van der Waals surface area (Å²) < 4.78 is 0. The minimum Gasteiger partial charge on any atom is -0.303 e. The lowest BCUT2D eigenvalue weighted by Gasteiger charge is -2.27. The average molecular weight is 237 g/mol. The van der Waals surface area contributed by atoms with E-state index in [0.717, 1.165) is 38.8 Å². The quantitative estimate of drug-likeness (QED) is 0.705. The molecule has 0 aromatic heterocycles. The van der Waals surface area contributed by atoms with Gasteiger partial charge in [-0.1, -0.05) is 13.8 Å². The van der Waals surface area contributed by atoms with Crippen LogP contribution in [0.4, 0.5) is 0 Å². The molecule has 0 spiro atoms. The van der Waals surface area contributed by atoms with Gasteiger partial charge in [-0.3, -0.25) is 5.32 Å². The Hall–Kier alpha value is -0.590. The summed E-state index contributed by atoms with van der Waals surface area (Å²) in [5, 5.41) is 12.8. The number of rotatable bonds is 8. The summed E-state index contributed by atoms with van der Waals surface area (Å²) in [5.41, 5.74) is -0.282. The van der Waals surface area contributed by atoms with E-state index in [-0.39, 0.29) is 5.54 Å². The highest BCUT2D eigenvalue weighted by Crippen LogP contribution is 2.18. The largest absolute Gasteiger partial charge is 0.303 e. The highest BCUT2D eigenvalue weighted by atomic mass is 15.1. The molecule has 3 nitrogen and oxygen atoms in total. The lowest BCUT2D eigenvalue weighted by atomic mass is 9.91. The normalized spacial score (nSPS) is 20.1. The fourth-order valence-electron chi connectivity index (χ4n) is 2.54. The first-order valence-corrected chi connectivity index (χ1v) is 7.15. The monoisotopic (exact) mass is 237 g/mol. The van der Waals surface area contributed by atoms with Crippen LogP contribution in [0.2, 0.25) is 0 Å². The molecule has 0 aromatic carbocycles. The van der Waals surface area contributed by atoms with Gasteiger partial charge in [-0.2, -0.15) is 5.26 Å². The van der Waals surface area contributed by atoms with Crippen LogP contribution < -0.4 is 5.32 Å². The van der Waals surface area contributed by atoms with Gasteiger partial charge in [-0.05, 0) is 64.7 Å². The fourth-order valence-corrected chi connectivity index (χ4v) is 2.54. The molecule has 98 valence electrons. The fraction of sp³-hybridized carbons (Fsp3) is 0.929. The Bertz CT molecular complexity index is 240. The molecule has 1 N–H and O–H groups in total. The third-order valence-corrected chi connectivity index (χ3v) is 3.81. The summed E-state index contributed by atoms with van der Waals surface area (Å²) in [6.07, 6.45) is 6.82. The first-order valence-electron chi connectivity index (χ1n) is 7.15. The minimum absolute atomic E-state index is 0.282. The van der Waals surface area contributed by atoms with Gasteiger partial charge in [0.05, 0.1) is 6.07 Å². The highest BCUT2D eigenvalue weighted by Gasteiger charge is 2.26. The Morgan fingerprint density at radius 3 is 2.53 bits per heavy atom. The standard InChI is InChI=1S/C14H27N3/c1-3-9-16-14(4-2,13-15)8-7-12-17-10-5-6-11-17/h16H,3-12H2,1-2H3. The molecule has 0 amide bonds. The van der Waals surface area contributed by atoms with Gasteiger partial charge in [-0.15, -0.1) is 0 Å². The Labute approximate surface area is 106 Å². The summed E-state index contributed by atoms with van der Waals surface area (Å²) in [7, 11) is 0. The minimum atomic E-state index is -0.282. The molecule has 1 atom stereocenters. The Morgan fingerprint density at radius 2 is 2.00 bits per heavy atom. The lowest BCUT2D eigenvalue weighted by molar-refractivity contribution is 0.296. The van der Waals surface area contributed by atoms with Gasteiger partial charge in [0.15, 0.2) is 0 Å². The van der Waals surface area contributed by atoms with Gasteiger partial charge in [0.2, 0.25) is 0 Å². The first kappa shape index (κ1) is 14.5. The third-order valence-electron chi connectivity index (χ3n) is 3.81. The molecule has 1 aliphatic heterocycles. The van der Waals surface area contributed by atoms with E-state index in [1.807, 2.05) is 0 Å². The number of nitriles is 1. The van der Waals surface area contributed by atoms with E-state index in [4.69, 9.17) is 0 Å². The van der Waals surface area contributed by atoms with Crippen molar-refractivity contribution in [3.63, 3.8) is 0 Å². The van der Waals surface area contributed by atoms with Crippen LogP contribution in [0.3, 0.4) is 0 Å². The van der Waals surface area contributed by atoms with Crippen LogP contribution in [0.5, 0.6) is 0 Å². The number of hydrogen-bond acceptors (Lipinski definition) is 3. The number of hydrogen-bond donors (Lipinski definition) is 1. The predicted molar refractivity (Wildman–Crippen MR) is 71.8 cm³/mol. The highest BCUT2D eigenvalue weighted by molar-refractivity contribution is 5.06. The van der Waals surface area contributed by atoms with Crippen LogP contribution in [0.15, 0.2) is 0 Å². The zero-order chi connectivity index (χ0) is 12.6. The molecule has 1 unspecified atom stereocenters. The van der Waals surface area contributed by atoms with Gasteiger partial charge in [-0.25, -0.2) is 0 Å². The number of nitrogens with one attached hydrogen (secondary N) is 1. The Morgan fingerprint density at radius 1 is 1.29 bits per heavy atom. The van der Waals surface area contributed by atoms with Crippen molar-refractivity contribution in [3.8, 4) is 6.07 Å². The summed E-state index contributed by atoms with van der Waals surface area (Å²) in [6, 6.07) is 2.50. The maximum atomic E-state index is 9.37. The van der Waals surface area contributed by atoms with Crippen molar-refractivity contribution in [1.82, 2.24) is 10.2 Å². The predicted octanol–water partition coefficient (Wildman–Crippen LogP) is 2.53. The van der Waals surface area contributed by atoms with Crippen molar-refractivity contribution >= 4 is 0 Å². The lowest BCUT2D eigenvalue weighted by Crippen LogP contribution is -2.44. The van der Waals surface area contributed by atoms with Gasteiger partial charge in [0.1, 0.15) is 5.54 Å². The van der Waals surface area contributed by atoms with Gasteiger partial charge < -0.3 is 4.90 Å². The molecule has 0 aliphatic carbocycles. The van der Waals surface area contributed by atoms with Crippen molar-refractivity contribution in [2.24, 2.45) is 0 Å². The van der Waals surface area contributed by atoms with E-state index in [1.54, 1.807) is 0 Å². The van der Waals surface area contributed by atoms with Gasteiger partial charge in [0, 0.05) is 0 Å². The molecule has 0 radical (unpaired) electrons. The van der Waals surface area contributed by atoms with Gasteiger partial charge >= 0.3 is 0 Å². The molecule has 3 heteroatoms. The number of likely N-dealkylation sites (tertiary alicyclic amines) is 1. The second-order valence-electron chi connectivity index (χ2n) is 5.13. The third kappa shape index (κ3) is 4.65. The molecule has 0 saturated carbocycles. The first-order chi connectivity index (χ1) is 8.26. The zero-order valence-corrected chi connectivity index (χ0v) is 11.5. The Kier molecular flexibility index (Phi) is 6.54. The molecule has 17 heavy (non-hydrogen) atoms. The second kappa shape index (κ2) is 7.68. The molecule has 1 rings (SSSR count). The van der Waals surface area contributed by atoms with Crippen LogP contribution in [-0.4, -0.2) is 36.6 Å². The summed E-state index contributed by atoms with van der Waals surface area (Å²) >= 11 is 0. The van der Waals surface area contributed by atoms with Crippen LogP contribution in [0, 0.1) is 11.3 Å². The number of nitrogens with zero attached hydrogens (tertiary/aromatic N) is 2. The molecule has 1 fully saturated rings. The van der Waals surface area contributed by atoms with Crippen LogP contribution >= 0.6 is 0 Å². The van der Waals surface area contributed by atoms with E-state index in [9.17, 15) is 5.26 Å². The van der Waals surface area contributed by atoms with Crippen molar-refractivity contribution in [3.05, 3.63) is 0 Å². The van der Waals surface area contributed by atoms with E-state index in [2.05, 4.69) is 30.1 Å². The molecule has 0 aromatic rings. The van der Waals surface area contributed by atoms with Crippen LogP contribution in [0.25, 0.3) is 0 Å². The molecule has 1 aliphatic rings. The van der Waals surface area contributed by atoms with E-state index in [0.29, 0.717) is 0 Å². The molecule has 1 saturated heterocycles. The average Bonchev–Trinajstić information content (AvgIpc) is 2.87. The molecular weight excluding hydrogens is 210 g/mol. The molecule has 1 heterocycles. The maximum absolute atomic E-state index is 9.37. The summed E-state index contributed by atoms with van der Waals surface area (Å²) in [5.74, 6) is 0. The van der Waals surface area contributed by atoms with Crippen LogP contribution in [-0.2, 0) is 0 Å². The van der Waals surface area contributed by atoms with Crippen molar-refractivity contribution in [1.29, 1.82) is 5.26 Å². The van der Waals surface area contributed by atoms with Crippen molar-refractivity contribution < 1.29 is 0 Å². The topological polar surface area (TPSA) is 39.1 Å². The molecular formula is C14H27N3. The van der Waals surface area contributed by atoms with Crippen molar-refractivity contribution in [2.45, 2.75) is 57.9 Å². The van der Waals surface area contributed by atoms with E-state index >= 15 is 0 Å².